The summed E-state index contributed by atoms with van der Waals surface area (Å²) in [6, 6.07) is 56.4. The zero-order chi connectivity index (χ0) is 31.2. The van der Waals surface area contributed by atoms with E-state index < -0.39 is 0 Å². The molecular formula is C43H27N3O. The van der Waals surface area contributed by atoms with Gasteiger partial charge >= 0.3 is 0 Å². The Morgan fingerprint density at radius 3 is 1.72 bits per heavy atom. The zero-order valence-electron chi connectivity index (χ0n) is 25.3. The average Bonchev–Trinajstić information content (AvgIpc) is 3.53. The number of benzene rings is 7. The summed E-state index contributed by atoms with van der Waals surface area (Å²) in [5.74, 6) is 1.88. The van der Waals surface area contributed by atoms with Crippen LogP contribution in [-0.2, 0) is 0 Å². The van der Waals surface area contributed by atoms with Crippen LogP contribution in [0.15, 0.2) is 168 Å². The van der Waals surface area contributed by atoms with Crippen LogP contribution in [0.25, 0.3) is 89.1 Å². The third-order valence-corrected chi connectivity index (χ3v) is 8.71. The molecule has 0 bridgehead atoms. The van der Waals surface area contributed by atoms with Crippen LogP contribution in [0.1, 0.15) is 0 Å². The summed E-state index contributed by atoms with van der Waals surface area (Å²) in [5, 5.41) is 4.49. The molecule has 2 heterocycles. The van der Waals surface area contributed by atoms with Crippen LogP contribution in [0, 0.1) is 0 Å². The quantitative estimate of drug-likeness (QED) is 0.197. The van der Waals surface area contributed by atoms with Gasteiger partial charge in [-0.25, -0.2) is 15.0 Å². The summed E-state index contributed by atoms with van der Waals surface area (Å²) in [4.78, 5) is 15.2. The number of para-hydroxylation sites is 1. The predicted octanol–water partition coefficient (Wildman–Crippen LogP) is 11.3. The minimum Gasteiger partial charge on any atom is -0.456 e. The van der Waals surface area contributed by atoms with E-state index >= 15 is 0 Å². The van der Waals surface area contributed by atoms with E-state index in [2.05, 4.69) is 109 Å². The van der Waals surface area contributed by atoms with Gasteiger partial charge in [-0.05, 0) is 69.4 Å². The molecular weight excluding hydrogens is 574 g/mol. The topological polar surface area (TPSA) is 51.8 Å². The molecule has 47 heavy (non-hydrogen) atoms. The number of hydrogen-bond donors (Lipinski definition) is 0. The second kappa shape index (κ2) is 11.2. The van der Waals surface area contributed by atoms with Crippen molar-refractivity contribution in [2.24, 2.45) is 0 Å². The Bertz CT molecular complexity index is 2570. The maximum absolute atomic E-state index is 6.28. The molecule has 0 N–H and O–H groups in total. The maximum atomic E-state index is 6.28. The smallest absolute Gasteiger partial charge is 0.164 e. The van der Waals surface area contributed by atoms with Crippen LogP contribution in [0.4, 0.5) is 0 Å². The second-order valence-corrected chi connectivity index (χ2v) is 11.7. The second-order valence-electron chi connectivity index (χ2n) is 11.7. The molecule has 9 rings (SSSR count). The fraction of sp³-hybridized carbons (Fsp3) is 0. The number of aromatic nitrogens is 3. The van der Waals surface area contributed by atoms with Gasteiger partial charge in [0.25, 0.3) is 0 Å². The van der Waals surface area contributed by atoms with Gasteiger partial charge < -0.3 is 4.42 Å². The van der Waals surface area contributed by atoms with E-state index in [1.807, 2.05) is 54.6 Å². The molecule has 0 aliphatic carbocycles. The van der Waals surface area contributed by atoms with Gasteiger partial charge in [-0.3, -0.25) is 0 Å². The van der Waals surface area contributed by atoms with Crippen LogP contribution in [-0.4, -0.2) is 15.0 Å². The van der Waals surface area contributed by atoms with Gasteiger partial charge in [0.15, 0.2) is 17.5 Å². The molecule has 0 unspecified atom stereocenters. The summed E-state index contributed by atoms with van der Waals surface area (Å²) in [5.41, 5.74) is 8.97. The van der Waals surface area contributed by atoms with Crippen molar-refractivity contribution in [1.82, 2.24) is 15.0 Å². The number of furan rings is 1. The minimum absolute atomic E-state index is 0.621. The van der Waals surface area contributed by atoms with Crippen molar-refractivity contribution in [3.63, 3.8) is 0 Å². The third-order valence-electron chi connectivity index (χ3n) is 8.71. The first-order valence-electron chi connectivity index (χ1n) is 15.7. The first-order valence-corrected chi connectivity index (χ1v) is 15.7. The lowest BCUT2D eigenvalue weighted by molar-refractivity contribution is 0.669. The van der Waals surface area contributed by atoms with Gasteiger partial charge in [-0.15, -0.1) is 0 Å². The lowest BCUT2D eigenvalue weighted by Crippen LogP contribution is -2.00. The van der Waals surface area contributed by atoms with E-state index in [1.54, 1.807) is 0 Å². The van der Waals surface area contributed by atoms with E-state index in [0.717, 1.165) is 71.7 Å². The Hall–Kier alpha value is -6.39. The first kappa shape index (κ1) is 27.0. The van der Waals surface area contributed by atoms with Crippen LogP contribution in [0.2, 0.25) is 0 Å². The predicted molar refractivity (Wildman–Crippen MR) is 192 cm³/mol. The fourth-order valence-corrected chi connectivity index (χ4v) is 6.39. The van der Waals surface area contributed by atoms with Crippen LogP contribution in [0.3, 0.4) is 0 Å². The summed E-state index contributed by atoms with van der Waals surface area (Å²) >= 11 is 0. The molecule has 2 aromatic heterocycles. The largest absolute Gasteiger partial charge is 0.456 e. The molecule has 7 aromatic carbocycles. The van der Waals surface area contributed by atoms with Crippen LogP contribution in [0.5, 0.6) is 0 Å². The molecule has 0 amide bonds. The van der Waals surface area contributed by atoms with Gasteiger partial charge in [-0.2, -0.15) is 0 Å². The van der Waals surface area contributed by atoms with Crippen molar-refractivity contribution in [2.45, 2.75) is 0 Å². The first-order chi connectivity index (χ1) is 23.3. The lowest BCUT2D eigenvalue weighted by Gasteiger charge is -2.13. The summed E-state index contributed by atoms with van der Waals surface area (Å²) in [7, 11) is 0. The Morgan fingerprint density at radius 1 is 0.319 bits per heavy atom. The Balaban J connectivity index is 1.24. The summed E-state index contributed by atoms with van der Waals surface area (Å²) in [6.07, 6.45) is 0. The number of fused-ring (bicyclic) bond motifs is 4. The van der Waals surface area contributed by atoms with Crippen LogP contribution < -0.4 is 0 Å². The van der Waals surface area contributed by atoms with E-state index in [0.29, 0.717) is 17.5 Å². The zero-order valence-corrected chi connectivity index (χ0v) is 25.3. The molecule has 0 spiro atoms. The lowest BCUT2D eigenvalue weighted by atomic mass is 9.94. The van der Waals surface area contributed by atoms with Crippen molar-refractivity contribution in [2.75, 3.05) is 0 Å². The monoisotopic (exact) mass is 601 g/mol. The van der Waals surface area contributed by atoms with E-state index in [1.165, 1.54) is 0 Å². The van der Waals surface area contributed by atoms with Gasteiger partial charge in [0, 0.05) is 27.5 Å². The molecule has 0 aliphatic rings. The SMILES string of the molecule is c1ccc(-c2cccc(-c3nc(-c4ccccc4)nc(-c4cc(-c5ccc6c(c5)oc5ccccc56)c5ccccc5c4)n3)c2)cc1. The highest BCUT2D eigenvalue weighted by Crippen LogP contribution is 2.38. The summed E-state index contributed by atoms with van der Waals surface area (Å²) in [6.45, 7) is 0. The maximum Gasteiger partial charge on any atom is 0.164 e. The van der Waals surface area contributed by atoms with Crippen molar-refractivity contribution < 1.29 is 4.42 Å². The normalized spacial score (nSPS) is 11.4. The Kier molecular flexibility index (Phi) is 6.43. The van der Waals surface area contributed by atoms with Gasteiger partial charge in [0.2, 0.25) is 0 Å². The Morgan fingerprint density at radius 2 is 0.915 bits per heavy atom. The molecule has 4 nitrogen and oxygen atoms in total. The molecule has 9 aromatic rings. The standard InChI is InChI=1S/C43H27N3O/c1-3-12-28(13-4-1)30-17-11-18-33(24-30)42-44-41(29-14-5-2-6-15-29)45-43(46-42)34-25-31-16-7-8-19-35(31)38(26-34)32-22-23-37-36-20-9-10-21-39(36)47-40(37)27-32/h1-27H. The van der Waals surface area contributed by atoms with Gasteiger partial charge in [0.05, 0.1) is 0 Å². The van der Waals surface area contributed by atoms with Crippen molar-refractivity contribution in [3.8, 4) is 56.4 Å². The Labute approximate surface area is 271 Å². The minimum atomic E-state index is 0.621. The molecule has 4 heteroatoms. The third kappa shape index (κ3) is 4.93. The molecule has 220 valence electrons. The number of nitrogens with zero attached hydrogens (tertiary/aromatic N) is 3. The molecule has 0 saturated heterocycles. The van der Waals surface area contributed by atoms with Crippen molar-refractivity contribution in [3.05, 3.63) is 164 Å². The fourth-order valence-electron chi connectivity index (χ4n) is 6.39. The highest BCUT2D eigenvalue weighted by Gasteiger charge is 2.16. The highest BCUT2D eigenvalue weighted by molar-refractivity contribution is 6.07. The van der Waals surface area contributed by atoms with Gasteiger partial charge in [0.1, 0.15) is 11.2 Å². The van der Waals surface area contributed by atoms with E-state index in [9.17, 15) is 0 Å². The molecule has 0 saturated carbocycles. The van der Waals surface area contributed by atoms with Crippen molar-refractivity contribution >= 4 is 32.7 Å². The molecule has 0 aliphatic heterocycles. The van der Waals surface area contributed by atoms with Crippen LogP contribution >= 0.6 is 0 Å². The van der Waals surface area contributed by atoms with E-state index in [-0.39, 0.29) is 0 Å². The number of hydrogen-bond acceptors (Lipinski definition) is 4. The molecule has 0 radical (unpaired) electrons. The molecule has 0 fully saturated rings. The summed E-state index contributed by atoms with van der Waals surface area (Å²) < 4.78 is 6.28. The highest BCUT2D eigenvalue weighted by atomic mass is 16.3. The van der Waals surface area contributed by atoms with E-state index in [4.69, 9.17) is 19.4 Å². The van der Waals surface area contributed by atoms with Gasteiger partial charge in [-0.1, -0.05) is 127 Å². The molecule has 0 atom stereocenters. The average molecular weight is 602 g/mol. The van der Waals surface area contributed by atoms with Crippen molar-refractivity contribution in [1.29, 1.82) is 0 Å². The number of rotatable bonds is 5.